The minimum absolute atomic E-state index is 0.0790. The summed E-state index contributed by atoms with van der Waals surface area (Å²) in [6.45, 7) is 4.29. The molecule has 14 heteroatoms. The van der Waals surface area contributed by atoms with Gasteiger partial charge in [-0.1, -0.05) is 74.8 Å². The SMILES string of the molecule is CC(C)(C)c1cc(CN(C(=O)CN(Cc2ccc(Cl)cc2)S(=O)(=O)c2c(F)c(F)c(F)c(F)c2F)c2ccc(C(N)O)cc2)cc(C2CC2)c1. The van der Waals surface area contributed by atoms with E-state index in [0.29, 0.717) is 21.4 Å². The standard InChI is InChI=1S/C36H35ClF5N3O4S/c1-36(2,3)25-15-21(14-24(16-25)22-6-7-22)18-45(27-12-8-23(9-13-27)35(43)47)28(46)19-44(17-20-4-10-26(37)11-5-20)50(48,49)34-32(41)30(39)29(38)31(40)33(34)42/h4-5,8-16,22,35,47H,6-7,17-19,43H2,1-3H3. The molecule has 7 nitrogen and oxygen atoms in total. The molecular formula is C36H35ClF5N3O4S. The van der Waals surface area contributed by atoms with Crippen LogP contribution in [0, 0.1) is 29.1 Å². The summed E-state index contributed by atoms with van der Waals surface area (Å²) >= 11 is 5.97. The second-order valence-electron chi connectivity index (χ2n) is 13.3. The Bertz CT molecular complexity index is 1990. The molecule has 1 saturated carbocycles. The van der Waals surface area contributed by atoms with Crippen LogP contribution in [0.25, 0.3) is 0 Å². The Morgan fingerprint density at radius 1 is 0.860 bits per heavy atom. The Morgan fingerprint density at radius 3 is 1.94 bits per heavy atom. The Labute approximate surface area is 292 Å². The Balaban J connectivity index is 1.61. The van der Waals surface area contributed by atoms with E-state index < -0.39 is 69.2 Å². The van der Waals surface area contributed by atoms with Crippen molar-refractivity contribution in [3.05, 3.63) is 129 Å². The first-order valence-corrected chi connectivity index (χ1v) is 17.4. The molecular weight excluding hydrogens is 701 g/mol. The monoisotopic (exact) mass is 735 g/mol. The fourth-order valence-electron chi connectivity index (χ4n) is 5.45. The molecule has 1 aliphatic carbocycles. The molecule has 3 N–H and O–H groups in total. The fourth-order valence-corrected chi connectivity index (χ4v) is 7.06. The highest BCUT2D eigenvalue weighted by atomic mass is 35.5. The van der Waals surface area contributed by atoms with Crippen molar-refractivity contribution >= 4 is 33.2 Å². The van der Waals surface area contributed by atoms with Gasteiger partial charge in [0.25, 0.3) is 0 Å². The van der Waals surface area contributed by atoms with Gasteiger partial charge in [0.1, 0.15) is 6.23 Å². The van der Waals surface area contributed by atoms with Gasteiger partial charge >= 0.3 is 0 Å². The van der Waals surface area contributed by atoms with E-state index in [2.05, 4.69) is 6.07 Å². The van der Waals surface area contributed by atoms with Gasteiger partial charge in [-0.15, -0.1) is 0 Å². The minimum Gasteiger partial charge on any atom is -0.375 e. The van der Waals surface area contributed by atoms with Gasteiger partial charge in [0, 0.05) is 17.3 Å². The highest BCUT2D eigenvalue weighted by Gasteiger charge is 2.39. The molecule has 50 heavy (non-hydrogen) atoms. The van der Waals surface area contributed by atoms with E-state index in [4.69, 9.17) is 17.3 Å². The van der Waals surface area contributed by atoms with Gasteiger partial charge in [-0.3, -0.25) is 4.79 Å². The zero-order chi connectivity index (χ0) is 36.7. The van der Waals surface area contributed by atoms with Crippen molar-refractivity contribution in [1.82, 2.24) is 4.31 Å². The van der Waals surface area contributed by atoms with E-state index in [1.807, 2.05) is 32.9 Å². The van der Waals surface area contributed by atoms with Crippen LogP contribution in [0.3, 0.4) is 0 Å². The van der Waals surface area contributed by atoms with Crippen LogP contribution < -0.4 is 10.6 Å². The van der Waals surface area contributed by atoms with E-state index in [1.165, 1.54) is 53.4 Å². The lowest BCUT2D eigenvalue weighted by Gasteiger charge is -2.29. The van der Waals surface area contributed by atoms with E-state index in [1.54, 1.807) is 0 Å². The summed E-state index contributed by atoms with van der Waals surface area (Å²) in [6.07, 6.45) is 0.695. The molecule has 5 rings (SSSR count). The fraction of sp³-hybridized carbons (Fsp3) is 0.306. The number of aliphatic hydroxyl groups is 1. The van der Waals surface area contributed by atoms with Crippen molar-refractivity contribution in [1.29, 1.82) is 0 Å². The summed E-state index contributed by atoms with van der Waals surface area (Å²) in [6, 6.07) is 17.5. The van der Waals surface area contributed by atoms with E-state index in [9.17, 15) is 40.3 Å². The predicted molar refractivity (Wildman–Crippen MR) is 179 cm³/mol. The summed E-state index contributed by atoms with van der Waals surface area (Å²) in [5, 5.41) is 10.1. The van der Waals surface area contributed by atoms with Crippen LogP contribution in [-0.4, -0.2) is 30.3 Å². The Hall–Kier alpha value is -3.88. The third-order valence-corrected chi connectivity index (χ3v) is 10.5. The van der Waals surface area contributed by atoms with E-state index in [-0.39, 0.29) is 28.2 Å². The second kappa shape index (κ2) is 14.4. The molecule has 4 aromatic rings. The van der Waals surface area contributed by atoms with Crippen LogP contribution >= 0.6 is 11.6 Å². The highest BCUT2D eigenvalue weighted by Crippen LogP contribution is 2.42. The maximum atomic E-state index is 15.0. The van der Waals surface area contributed by atoms with Gasteiger partial charge in [0.05, 0.1) is 13.1 Å². The summed E-state index contributed by atoms with van der Waals surface area (Å²) in [4.78, 5) is 13.5. The third kappa shape index (κ3) is 8.02. The minimum atomic E-state index is -5.56. The molecule has 0 saturated heterocycles. The number of anilines is 1. The van der Waals surface area contributed by atoms with Gasteiger partial charge in [0.2, 0.25) is 21.7 Å². The number of aliphatic hydroxyl groups excluding tert-OH is 1. The van der Waals surface area contributed by atoms with Crippen molar-refractivity contribution in [2.75, 3.05) is 11.4 Å². The van der Waals surface area contributed by atoms with E-state index in [0.717, 1.165) is 24.0 Å². The normalized spacial score (nSPS) is 14.2. The Morgan fingerprint density at radius 2 is 1.42 bits per heavy atom. The zero-order valence-corrected chi connectivity index (χ0v) is 28.9. The number of hydrogen-bond acceptors (Lipinski definition) is 5. The number of amides is 1. The number of carbonyl (C=O) groups excluding carboxylic acids is 1. The zero-order valence-electron chi connectivity index (χ0n) is 27.4. The van der Waals surface area contributed by atoms with Gasteiger partial charge in [-0.2, -0.15) is 4.31 Å². The largest absolute Gasteiger partial charge is 0.375 e. The van der Waals surface area contributed by atoms with Gasteiger partial charge in [-0.05, 0) is 76.3 Å². The molecule has 0 aromatic heterocycles. The molecule has 266 valence electrons. The van der Waals surface area contributed by atoms with Crippen LogP contribution in [0.5, 0.6) is 0 Å². The molecule has 1 unspecified atom stereocenters. The second-order valence-corrected chi connectivity index (χ2v) is 15.6. The van der Waals surface area contributed by atoms with Crippen molar-refractivity contribution in [2.45, 2.75) is 69.2 Å². The maximum absolute atomic E-state index is 15.0. The van der Waals surface area contributed by atoms with Crippen LogP contribution in [0.1, 0.15) is 73.6 Å². The lowest BCUT2D eigenvalue weighted by molar-refractivity contribution is -0.119. The Kier molecular flexibility index (Phi) is 10.8. The van der Waals surface area contributed by atoms with Gasteiger partial charge in [-0.25, -0.2) is 30.4 Å². The topological polar surface area (TPSA) is 104 Å². The van der Waals surface area contributed by atoms with Crippen molar-refractivity contribution in [3.8, 4) is 0 Å². The van der Waals surface area contributed by atoms with Crippen molar-refractivity contribution < 1.29 is 40.3 Å². The lowest BCUT2D eigenvalue weighted by Crippen LogP contribution is -2.43. The van der Waals surface area contributed by atoms with E-state index >= 15 is 0 Å². The molecule has 4 aromatic carbocycles. The lowest BCUT2D eigenvalue weighted by atomic mass is 9.84. The molecule has 0 radical (unpaired) electrons. The molecule has 0 bridgehead atoms. The maximum Gasteiger partial charge on any atom is 0.249 e. The molecule has 0 heterocycles. The molecule has 1 atom stereocenters. The first kappa shape index (κ1) is 37.4. The number of carbonyl (C=O) groups is 1. The third-order valence-electron chi connectivity index (χ3n) is 8.47. The van der Waals surface area contributed by atoms with Crippen molar-refractivity contribution in [3.63, 3.8) is 0 Å². The van der Waals surface area contributed by atoms with Crippen LogP contribution in [0.15, 0.2) is 71.6 Å². The number of nitrogens with zero attached hydrogens (tertiary/aromatic N) is 2. The van der Waals surface area contributed by atoms with Gasteiger partial charge in [0.15, 0.2) is 28.2 Å². The number of benzene rings is 4. The summed E-state index contributed by atoms with van der Waals surface area (Å²) < 4.78 is 100. The molecule has 1 aliphatic rings. The summed E-state index contributed by atoms with van der Waals surface area (Å²) in [5.74, 6) is -13.1. The molecule has 0 aliphatic heterocycles. The first-order valence-electron chi connectivity index (χ1n) is 15.6. The molecule has 1 amide bonds. The quantitative estimate of drug-likeness (QED) is 0.0716. The van der Waals surface area contributed by atoms with Gasteiger partial charge < -0.3 is 15.7 Å². The number of halogens is 6. The number of rotatable bonds is 11. The average Bonchev–Trinajstić information content (AvgIpc) is 3.91. The van der Waals surface area contributed by atoms with Crippen LogP contribution in [0.4, 0.5) is 27.6 Å². The molecule has 0 spiro atoms. The number of sulfonamides is 1. The molecule has 1 fully saturated rings. The summed E-state index contributed by atoms with van der Waals surface area (Å²) in [5.41, 5.74) is 8.92. The van der Waals surface area contributed by atoms with Crippen LogP contribution in [-0.2, 0) is 33.3 Å². The van der Waals surface area contributed by atoms with Crippen LogP contribution in [0.2, 0.25) is 5.02 Å². The number of hydrogen-bond donors (Lipinski definition) is 2. The predicted octanol–water partition coefficient (Wildman–Crippen LogP) is 7.58. The summed E-state index contributed by atoms with van der Waals surface area (Å²) in [7, 11) is -5.56. The highest BCUT2D eigenvalue weighted by molar-refractivity contribution is 7.89. The average molecular weight is 736 g/mol. The smallest absolute Gasteiger partial charge is 0.249 e. The van der Waals surface area contributed by atoms with Crippen molar-refractivity contribution in [2.24, 2.45) is 5.73 Å². The first-order chi connectivity index (χ1) is 23.4. The number of nitrogens with two attached hydrogens (primary N) is 1.